The fourth-order valence-electron chi connectivity index (χ4n) is 3.72. The van der Waals surface area contributed by atoms with Gasteiger partial charge < -0.3 is 9.80 Å². The van der Waals surface area contributed by atoms with Gasteiger partial charge in [-0.15, -0.1) is 0 Å². The van der Waals surface area contributed by atoms with Gasteiger partial charge in [0.2, 0.25) is 0 Å². The van der Waals surface area contributed by atoms with Gasteiger partial charge in [-0.2, -0.15) is 0 Å². The van der Waals surface area contributed by atoms with E-state index in [1.807, 2.05) is 4.90 Å². The zero-order valence-corrected chi connectivity index (χ0v) is 14.4. The third kappa shape index (κ3) is 4.67. The molecule has 1 heterocycles. The number of halogens is 1. The van der Waals surface area contributed by atoms with Gasteiger partial charge in [0.25, 0.3) is 0 Å². The summed E-state index contributed by atoms with van der Waals surface area (Å²) in [5.41, 5.74) is 1.46. The smallest absolute Gasteiger partial charge is 0.127 e. The molecule has 3 rings (SSSR count). The van der Waals surface area contributed by atoms with Crippen molar-refractivity contribution in [2.45, 2.75) is 25.8 Å². The normalized spacial score (nSPS) is 29.5. The Kier molecular flexibility index (Phi) is 5.50. The Labute approximate surface area is 136 Å². The van der Waals surface area contributed by atoms with Crippen LogP contribution in [0.4, 0.5) is 0 Å². The SMILES string of the molecule is Brc1cccc(C[NH+]2CC[NH+](C[C@H]3CC=CCC3)CC2)c1. The lowest BCUT2D eigenvalue weighted by molar-refractivity contribution is -1.02. The van der Waals surface area contributed by atoms with Crippen LogP contribution in [-0.2, 0) is 6.54 Å². The van der Waals surface area contributed by atoms with Gasteiger partial charge in [-0.3, -0.25) is 0 Å². The van der Waals surface area contributed by atoms with Crippen molar-refractivity contribution >= 4 is 15.9 Å². The highest BCUT2D eigenvalue weighted by atomic mass is 79.9. The molecule has 1 atom stereocenters. The highest BCUT2D eigenvalue weighted by Crippen LogP contribution is 2.16. The molecule has 3 heteroatoms. The van der Waals surface area contributed by atoms with Crippen molar-refractivity contribution in [3.8, 4) is 0 Å². The second-order valence-corrected chi connectivity index (χ2v) is 7.58. The molecule has 1 aliphatic heterocycles. The van der Waals surface area contributed by atoms with Crippen molar-refractivity contribution in [1.82, 2.24) is 0 Å². The molecular formula is C18H27BrN2+2. The first-order chi connectivity index (χ1) is 10.3. The summed E-state index contributed by atoms with van der Waals surface area (Å²) >= 11 is 3.57. The predicted molar refractivity (Wildman–Crippen MR) is 90.6 cm³/mol. The predicted octanol–water partition coefficient (Wildman–Crippen LogP) is 1.09. The van der Waals surface area contributed by atoms with Crippen molar-refractivity contribution in [1.29, 1.82) is 0 Å². The molecule has 1 aromatic rings. The zero-order chi connectivity index (χ0) is 14.5. The molecule has 0 amide bonds. The molecule has 0 radical (unpaired) electrons. The minimum atomic E-state index is 0.941. The Balaban J connectivity index is 1.43. The maximum Gasteiger partial charge on any atom is 0.127 e. The molecule has 0 spiro atoms. The third-order valence-electron chi connectivity index (χ3n) is 4.96. The monoisotopic (exact) mass is 350 g/mol. The van der Waals surface area contributed by atoms with Crippen LogP contribution in [0.5, 0.6) is 0 Å². The van der Waals surface area contributed by atoms with E-state index in [9.17, 15) is 0 Å². The van der Waals surface area contributed by atoms with Crippen LogP contribution < -0.4 is 9.80 Å². The first-order valence-electron chi connectivity index (χ1n) is 8.36. The molecule has 2 N–H and O–H groups in total. The van der Waals surface area contributed by atoms with Crippen LogP contribution in [-0.4, -0.2) is 32.7 Å². The number of benzene rings is 1. The molecule has 1 fully saturated rings. The van der Waals surface area contributed by atoms with E-state index in [1.165, 1.54) is 68.6 Å². The maximum atomic E-state index is 3.57. The lowest BCUT2D eigenvalue weighted by Crippen LogP contribution is -3.27. The molecule has 2 aliphatic rings. The molecule has 0 aromatic heterocycles. The molecule has 0 unspecified atom stereocenters. The van der Waals surface area contributed by atoms with Crippen LogP contribution in [0, 0.1) is 5.92 Å². The molecule has 0 saturated carbocycles. The highest BCUT2D eigenvalue weighted by molar-refractivity contribution is 9.10. The fraction of sp³-hybridized carbons (Fsp3) is 0.556. The first-order valence-corrected chi connectivity index (χ1v) is 9.15. The molecule has 1 aliphatic carbocycles. The van der Waals surface area contributed by atoms with Gasteiger partial charge in [-0.1, -0.05) is 40.2 Å². The average molecular weight is 351 g/mol. The molecule has 1 saturated heterocycles. The Hall–Kier alpha value is -0.640. The third-order valence-corrected chi connectivity index (χ3v) is 5.46. The summed E-state index contributed by atoms with van der Waals surface area (Å²) in [6, 6.07) is 8.78. The van der Waals surface area contributed by atoms with Crippen molar-refractivity contribution in [3.05, 3.63) is 46.5 Å². The van der Waals surface area contributed by atoms with E-state index in [0.29, 0.717) is 0 Å². The topological polar surface area (TPSA) is 8.88 Å². The van der Waals surface area contributed by atoms with Gasteiger partial charge in [0, 0.05) is 16.0 Å². The second kappa shape index (κ2) is 7.57. The molecular weight excluding hydrogens is 324 g/mol. The quantitative estimate of drug-likeness (QED) is 0.752. The van der Waals surface area contributed by atoms with E-state index < -0.39 is 0 Å². The van der Waals surface area contributed by atoms with E-state index in [2.05, 4.69) is 52.3 Å². The summed E-state index contributed by atoms with van der Waals surface area (Å²) in [5, 5.41) is 0. The van der Waals surface area contributed by atoms with Crippen LogP contribution in [0.3, 0.4) is 0 Å². The highest BCUT2D eigenvalue weighted by Gasteiger charge is 2.25. The van der Waals surface area contributed by atoms with Crippen LogP contribution in [0.15, 0.2) is 40.9 Å². The van der Waals surface area contributed by atoms with E-state index in [4.69, 9.17) is 0 Å². The second-order valence-electron chi connectivity index (χ2n) is 6.66. The van der Waals surface area contributed by atoms with Crippen LogP contribution >= 0.6 is 15.9 Å². The van der Waals surface area contributed by atoms with Gasteiger partial charge in [-0.05, 0) is 31.4 Å². The molecule has 0 bridgehead atoms. The summed E-state index contributed by atoms with van der Waals surface area (Å²) in [7, 11) is 0. The van der Waals surface area contributed by atoms with Gasteiger partial charge >= 0.3 is 0 Å². The summed E-state index contributed by atoms with van der Waals surface area (Å²) in [6.07, 6.45) is 8.78. The number of quaternary nitrogens is 2. The minimum absolute atomic E-state index is 0.941. The minimum Gasteiger partial charge on any atom is -0.325 e. The number of nitrogens with one attached hydrogen (secondary N) is 2. The van der Waals surface area contributed by atoms with Crippen molar-refractivity contribution < 1.29 is 9.80 Å². The number of piperazine rings is 1. The van der Waals surface area contributed by atoms with Gasteiger partial charge in [0.1, 0.15) is 32.7 Å². The number of rotatable bonds is 4. The van der Waals surface area contributed by atoms with Crippen molar-refractivity contribution in [2.24, 2.45) is 5.92 Å². The first kappa shape index (κ1) is 15.3. The number of hydrogen-bond donors (Lipinski definition) is 2. The molecule has 2 nitrogen and oxygen atoms in total. The number of hydrogen-bond acceptors (Lipinski definition) is 0. The summed E-state index contributed by atoms with van der Waals surface area (Å²) in [4.78, 5) is 3.59. The van der Waals surface area contributed by atoms with E-state index in [0.717, 1.165) is 5.92 Å². The van der Waals surface area contributed by atoms with E-state index >= 15 is 0 Å². The number of allylic oxidation sites excluding steroid dienone is 2. The van der Waals surface area contributed by atoms with E-state index in [1.54, 1.807) is 4.90 Å². The van der Waals surface area contributed by atoms with E-state index in [-0.39, 0.29) is 0 Å². The van der Waals surface area contributed by atoms with Crippen LogP contribution in [0.1, 0.15) is 24.8 Å². The Morgan fingerprint density at radius 3 is 2.57 bits per heavy atom. The Morgan fingerprint density at radius 2 is 1.86 bits per heavy atom. The fourth-order valence-corrected chi connectivity index (χ4v) is 4.17. The lowest BCUT2D eigenvalue weighted by Gasteiger charge is -2.32. The van der Waals surface area contributed by atoms with Crippen LogP contribution in [0.2, 0.25) is 0 Å². The van der Waals surface area contributed by atoms with Gasteiger partial charge in [0.15, 0.2) is 0 Å². The average Bonchev–Trinajstić information content (AvgIpc) is 2.50. The lowest BCUT2D eigenvalue weighted by atomic mass is 9.94. The molecule has 1 aromatic carbocycles. The summed E-state index contributed by atoms with van der Waals surface area (Å²) < 4.78 is 1.20. The standard InChI is InChI=1S/C18H25BrN2/c19-18-8-4-7-17(13-18)15-21-11-9-20(10-12-21)14-16-5-2-1-3-6-16/h1-2,4,7-8,13,16H,3,5-6,9-12,14-15H2/p+2/t16-/m0/s1. The summed E-state index contributed by atoms with van der Waals surface area (Å²) in [5.74, 6) is 0.941. The van der Waals surface area contributed by atoms with Crippen LogP contribution in [0.25, 0.3) is 0 Å². The molecule has 21 heavy (non-hydrogen) atoms. The maximum absolute atomic E-state index is 3.57. The van der Waals surface area contributed by atoms with Crippen molar-refractivity contribution in [2.75, 3.05) is 32.7 Å². The summed E-state index contributed by atoms with van der Waals surface area (Å²) in [6.45, 7) is 7.93. The van der Waals surface area contributed by atoms with Crippen molar-refractivity contribution in [3.63, 3.8) is 0 Å². The van der Waals surface area contributed by atoms with Gasteiger partial charge in [0.05, 0.1) is 6.54 Å². The Bertz CT molecular complexity index is 478. The zero-order valence-electron chi connectivity index (χ0n) is 12.8. The Morgan fingerprint density at radius 1 is 1.05 bits per heavy atom. The van der Waals surface area contributed by atoms with Gasteiger partial charge in [-0.25, -0.2) is 0 Å². The molecule has 114 valence electrons. The largest absolute Gasteiger partial charge is 0.325 e.